The molecule has 11 heteroatoms. The van der Waals surface area contributed by atoms with E-state index in [4.69, 9.17) is 14.2 Å². The maximum atomic E-state index is 15.5. The number of nitrogens with zero attached hydrogens (tertiary/aromatic N) is 1. The molecule has 0 radical (unpaired) electrons. The van der Waals surface area contributed by atoms with Crippen LogP contribution < -0.4 is 11.2 Å². The Morgan fingerprint density at radius 2 is 1.59 bits per heavy atom. The van der Waals surface area contributed by atoms with Gasteiger partial charge in [0, 0.05) is 6.20 Å². The molecule has 1 N–H and O–H groups in total. The smallest absolute Gasteiger partial charge is 0.338 e. The van der Waals surface area contributed by atoms with E-state index in [-0.39, 0.29) is 14.7 Å². The van der Waals surface area contributed by atoms with E-state index in [1.54, 1.807) is 71.1 Å². The van der Waals surface area contributed by atoms with Gasteiger partial charge >= 0.3 is 17.6 Å². The van der Waals surface area contributed by atoms with Gasteiger partial charge in [-0.05, 0) is 46.9 Å². The lowest BCUT2D eigenvalue weighted by Gasteiger charge is -2.19. The Balaban J connectivity index is 1.59. The highest BCUT2D eigenvalue weighted by atomic mass is 127. The molecule has 1 unspecified atom stereocenters. The predicted molar refractivity (Wildman–Crippen MR) is 125 cm³/mol. The number of hydrogen-bond acceptors (Lipinski definition) is 7. The van der Waals surface area contributed by atoms with E-state index in [1.807, 2.05) is 0 Å². The second kappa shape index (κ2) is 10.3. The summed E-state index contributed by atoms with van der Waals surface area (Å²) in [5.74, 6) is -1.48. The first-order valence-electron chi connectivity index (χ1n) is 10.1. The first-order chi connectivity index (χ1) is 16.3. The highest BCUT2D eigenvalue weighted by Crippen LogP contribution is 2.34. The number of hydrogen-bond donors (Lipinski definition) is 1. The Labute approximate surface area is 205 Å². The van der Waals surface area contributed by atoms with Crippen LogP contribution in [-0.2, 0) is 14.2 Å². The Morgan fingerprint density at radius 1 is 1.00 bits per heavy atom. The molecule has 1 aliphatic heterocycles. The van der Waals surface area contributed by atoms with E-state index in [2.05, 4.69) is 4.98 Å². The van der Waals surface area contributed by atoms with Gasteiger partial charge < -0.3 is 14.2 Å². The van der Waals surface area contributed by atoms with Crippen LogP contribution in [-0.4, -0.2) is 46.5 Å². The quantitative estimate of drug-likeness (QED) is 0.352. The number of nitrogens with one attached hydrogen (secondary N) is 1. The van der Waals surface area contributed by atoms with Gasteiger partial charge in [-0.15, -0.1) is 0 Å². The molecule has 2 aromatic carbocycles. The minimum absolute atomic E-state index is 0.129. The molecule has 1 aliphatic rings. The molecule has 1 aromatic heterocycles. The fourth-order valence-corrected chi connectivity index (χ4v) is 3.86. The van der Waals surface area contributed by atoms with Crippen LogP contribution in [0.15, 0.2) is 76.4 Å². The Hall–Kier alpha value is -3.32. The highest BCUT2D eigenvalue weighted by Gasteiger charge is 2.49. The normalized spacial score (nSPS) is 21.7. The van der Waals surface area contributed by atoms with Crippen molar-refractivity contribution in [3.05, 3.63) is 102 Å². The lowest BCUT2D eigenvalue weighted by Crippen LogP contribution is -2.39. The number of carbonyl (C=O) groups is 2. The summed E-state index contributed by atoms with van der Waals surface area (Å²) < 4.78 is 32.9. The zero-order chi connectivity index (χ0) is 24.2. The molecule has 4 rings (SSSR count). The van der Waals surface area contributed by atoms with Gasteiger partial charge in [0.1, 0.15) is 12.7 Å². The van der Waals surface area contributed by atoms with Crippen LogP contribution in [0, 0.1) is 3.57 Å². The van der Waals surface area contributed by atoms with Gasteiger partial charge in [-0.25, -0.2) is 18.8 Å². The summed E-state index contributed by atoms with van der Waals surface area (Å²) in [4.78, 5) is 51.0. The first kappa shape index (κ1) is 23.8. The average Bonchev–Trinajstić information content (AvgIpc) is 3.15. The van der Waals surface area contributed by atoms with Crippen molar-refractivity contribution in [3.8, 4) is 0 Å². The second-order valence-corrected chi connectivity index (χ2v) is 8.52. The SMILES string of the molecule is O=C(OC[C@H]1OC(n2cc(I)c(=O)[nH]c2=O)[C@@H](F)[C@@H]1OC(=O)c1ccccc1)c1ccccc1. The lowest BCUT2D eigenvalue weighted by molar-refractivity contribution is -0.0592. The van der Waals surface area contributed by atoms with Gasteiger partial charge in [-0.3, -0.25) is 14.3 Å². The molecule has 4 atom stereocenters. The van der Waals surface area contributed by atoms with Gasteiger partial charge in [0.15, 0.2) is 18.5 Å². The molecule has 3 aromatic rings. The molecule has 0 amide bonds. The van der Waals surface area contributed by atoms with E-state index < -0.39 is 54.4 Å². The van der Waals surface area contributed by atoms with E-state index in [1.165, 1.54) is 12.1 Å². The van der Waals surface area contributed by atoms with Crippen molar-refractivity contribution in [2.75, 3.05) is 6.61 Å². The topological polar surface area (TPSA) is 117 Å². The number of alkyl halides is 1. The molecule has 0 aliphatic carbocycles. The summed E-state index contributed by atoms with van der Waals surface area (Å²) >= 11 is 1.69. The van der Waals surface area contributed by atoms with Crippen molar-refractivity contribution < 1.29 is 28.2 Å². The molecular formula is C23H18FIN2O7. The third-order valence-corrected chi connectivity index (χ3v) is 5.87. The standard InChI is InChI=1S/C23H18FIN2O7/c24-17-18(34-22(30)14-9-5-2-6-10-14)16(12-32-21(29)13-7-3-1-4-8-13)33-20(17)27-11-15(25)19(28)26-23(27)31/h1-11,16-18,20H,12H2,(H,26,28,31)/t16-,17+,18-,20?/m1/s1. The zero-order valence-corrected chi connectivity index (χ0v) is 19.6. The van der Waals surface area contributed by atoms with Crippen molar-refractivity contribution >= 4 is 34.5 Å². The van der Waals surface area contributed by atoms with Crippen molar-refractivity contribution in [2.45, 2.75) is 24.6 Å². The van der Waals surface area contributed by atoms with Crippen molar-refractivity contribution in [1.29, 1.82) is 0 Å². The molecule has 0 spiro atoms. The third kappa shape index (κ3) is 5.09. The van der Waals surface area contributed by atoms with Gasteiger partial charge in [-0.1, -0.05) is 36.4 Å². The monoisotopic (exact) mass is 580 g/mol. The molecule has 176 valence electrons. The number of H-pyrrole nitrogens is 1. The summed E-state index contributed by atoms with van der Waals surface area (Å²) in [5.41, 5.74) is -1.06. The summed E-state index contributed by atoms with van der Waals surface area (Å²) in [6.07, 6.45) is -5.07. The second-order valence-electron chi connectivity index (χ2n) is 7.35. The van der Waals surface area contributed by atoms with E-state index in [0.717, 1.165) is 10.8 Å². The number of aromatic amines is 1. The number of rotatable bonds is 6. The predicted octanol–water partition coefficient (Wildman–Crippen LogP) is 2.46. The maximum Gasteiger partial charge on any atom is 0.338 e. The molecule has 2 heterocycles. The minimum atomic E-state index is -1.99. The van der Waals surface area contributed by atoms with Gasteiger partial charge in [0.25, 0.3) is 5.56 Å². The molecule has 34 heavy (non-hydrogen) atoms. The molecule has 1 saturated heterocycles. The maximum absolute atomic E-state index is 15.5. The minimum Gasteiger partial charge on any atom is -0.459 e. The van der Waals surface area contributed by atoms with Gasteiger partial charge in [0.05, 0.1) is 14.7 Å². The van der Waals surface area contributed by atoms with Crippen LogP contribution in [0.5, 0.6) is 0 Å². The fraction of sp³-hybridized carbons (Fsp3) is 0.217. The molecular weight excluding hydrogens is 562 g/mol. The van der Waals surface area contributed by atoms with Crippen LogP contribution in [0.2, 0.25) is 0 Å². The largest absolute Gasteiger partial charge is 0.459 e. The van der Waals surface area contributed by atoms with Crippen LogP contribution in [0.1, 0.15) is 26.9 Å². The Morgan fingerprint density at radius 3 is 2.21 bits per heavy atom. The van der Waals surface area contributed by atoms with Gasteiger partial charge in [-0.2, -0.15) is 0 Å². The number of esters is 2. The fourth-order valence-electron chi connectivity index (χ4n) is 3.42. The van der Waals surface area contributed by atoms with E-state index in [9.17, 15) is 19.2 Å². The van der Waals surface area contributed by atoms with Crippen LogP contribution in [0.4, 0.5) is 4.39 Å². The number of ether oxygens (including phenoxy) is 3. The number of aromatic nitrogens is 2. The van der Waals surface area contributed by atoms with E-state index in [0.29, 0.717) is 0 Å². The Bertz CT molecular complexity index is 1300. The van der Waals surface area contributed by atoms with Crippen LogP contribution in [0.3, 0.4) is 0 Å². The van der Waals surface area contributed by atoms with Crippen molar-refractivity contribution in [3.63, 3.8) is 0 Å². The first-order valence-corrected chi connectivity index (χ1v) is 11.2. The average molecular weight is 580 g/mol. The summed E-state index contributed by atoms with van der Waals surface area (Å²) in [6.45, 7) is -0.438. The van der Waals surface area contributed by atoms with Crippen molar-refractivity contribution in [1.82, 2.24) is 9.55 Å². The highest BCUT2D eigenvalue weighted by molar-refractivity contribution is 14.1. The van der Waals surface area contributed by atoms with E-state index >= 15 is 4.39 Å². The molecule has 1 fully saturated rings. The Kier molecular flexibility index (Phi) is 7.22. The number of benzene rings is 2. The molecule has 0 saturated carbocycles. The van der Waals surface area contributed by atoms with Crippen molar-refractivity contribution in [2.24, 2.45) is 0 Å². The summed E-state index contributed by atoms with van der Waals surface area (Å²) in [5, 5.41) is 0. The summed E-state index contributed by atoms with van der Waals surface area (Å²) in [7, 11) is 0. The number of halogens is 2. The lowest BCUT2D eigenvalue weighted by atomic mass is 10.1. The van der Waals surface area contributed by atoms with Gasteiger partial charge in [0.2, 0.25) is 0 Å². The summed E-state index contributed by atoms with van der Waals surface area (Å²) in [6, 6.07) is 16.1. The molecule has 9 nitrogen and oxygen atoms in total. The van der Waals surface area contributed by atoms with Crippen LogP contribution >= 0.6 is 22.6 Å². The number of carbonyl (C=O) groups excluding carboxylic acids is 2. The van der Waals surface area contributed by atoms with Crippen LogP contribution in [0.25, 0.3) is 0 Å². The third-order valence-electron chi connectivity index (χ3n) is 5.11. The molecule has 0 bridgehead atoms. The zero-order valence-electron chi connectivity index (χ0n) is 17.4.